The van der Waals surface area contributed by atoms with E-state index in [2.05, 4.69) is 25.1 Å². The number of rotatable bonds is 3. The van der Waals surface area contributed by atoms with Crippen LogP contribution in [0.25, 0.3) is 10.1 Å². The standard InChI is InChI=1S/C12H14OS/c1-2-5-10(13)12-8-9-6-3-4-7-11(9)14-12/h3-4,6-8,10,13H,2,5H2,1H3. The predicted octanol–water partition coefficient (Wildman–Crippen LogP) is 3.73. The van der Waals surface area contributed by atoms with Gasteiger partial charge >= 0.3 is 0 Å². The maximum atomic E-state index is 9.83. The molecule has 2 aromatic rings. The highest BCUT2D eigenvalue weighted by Crippen LogP contribution is 2.31. The van der Waals surface area contributed by atoms with Crippen LogP contribution in [0.5, 0.6) is 0 Å². The van der Waals surface area contributed by atoms with Crippen LogP contribution in [0.2, 0.25) is 0 Å². The molecule has 0 amide bonds. The van der Waals surface area contributed by atoms with Crippen molar-refractivity contribution >= 4 is 21.4 Å². The second-order valence-electron chi connectivity index (χ2n) is 3.49. The highest BCUT2D eigenvalue weighted by atomic mass is 32.1. The summed E-state index contributed by atoms with van der Waals surface area (Å²) in [5, 5.41) is 11.1. The van der Waals surface area contributed by atoms with Crippen LogP contribution in [-0.2, 0) is 0 Å². The molecule has 0 radical (unpaired) electrons. The summed E-state index contributed by atoms with van der Waals surface area (Å²) < 4.78 is 1.26. The Morgan fingerprint density at radius 1 is 1.36 bits per heavy atom. The lowest BCUT2D eigenvalue weighted by Crippen LogP contribution is -1.91. The van der Waals surface area contributed by atoms with Crippen molar-refractivity contribution < 1.29 is 5.11 Å². The summed E-state index contributed by atoms with van der Waals surface area (Å²) in [6.45, 7) is 2.09. The molecule has 1 heterocycles. The van der Waals surface area contributed by atoms with Gasteiger partial charge in [-0.3, -0.25) is 0 Å². The maximum absolute atomic E-state index is 9.83. The number of hydrogen-bond donors (Lipinski definition) is 1. The minimum absolute atomic E-state index is 0.280. The largest absolute Gasteiger partial charge is 0.388 e. The van der Waals surface area contributed by atoms with Crippen LogP contribution in [0.4, 0.5) is 0 Å². The third-order valence-corrected chi connectivity index (χ3v) is 3.55. The molecule has 2 rings (SSSR count). The molecule has 0 spiro atoms. The fourth-order valence-electron chi connectivity index (χ4n) is 1.58. The Hall–Kier alpha value is -0.860. The molecule has 0 saturated heterocycles. The van der Waals surface area contributed by atoms with Crippen molar-refractivity contribution in [3.05, 3.63) is 35.2 Å². The van der Waals surface area contributed by atoms with E-state index >= 15 is 0 Å². The Labute approximate surface area is 88.0 Å². The summed E-state index contributed by atoms with van der Waals surface area (Å²) in [5.74, 6) is 0. The summed E-state index contributed by atoms with van der Waals surface area (Å²) in [4.78, 5) is 1.09. The molecule has 0 saturated carbocycles. The van der Waals surface area contributed by atoms with E-state index in [0.29, 0.717) is 0 Å². The number of fused-ring (bicyclic) bond motifs is 1. The zero-order valence-electron chi connectivity index (χ0n) is 8.23. The fourth-order valence-corrected chi connectivity index (χ4v) is 2.67. The summed E-state index contributed by atoms with van der Waals surface area (Å²) in [7, 11) is 0. The smallest absolute Gasteiger partial charge is 0.0882 e. The summed E-state index contributed by atoms with van der Waals surface area (Å²) in [6.07, 6.45) is 1.60. The summed E-state index contributed by atoms with van der Waals surface area (Å²) in [6, 6.07) is 10.4. The molecule has 0 aliphatic heterocycles. The van der Waals surface area contributed by atoms with Gasteiger partial charge in [-0.25, -0.2) is 0 Å². The van der Waals surface area contributed by atoms with Crippen molar-refractivity contribution in [2.45, 2.75) is 25.9 Å². The lowest BCUT2D eigenvalue weighted by Gasteiger charge is -2.04. The zero-order valence-corrected chi connectivity index (χ0v) is 9.05. The van der Waals surface area contributed by atoms with Gasteiger partial charge in [-0.15, -0.1) is 11.3 Å². The van der Waals surface area contributed by atoms with Crippen LogP contribution in [-0.4, -0.2) is 5.11 Å². The van der Waals surface area contributed by atoms with Crippen LogP contribution in [0, 0.1) is 0 Å². The lowest BCUT2D eigenvalue weighted by atomic mass is 10.1. The number of hydrogen-bond acceptors (Lipinski definition) is 2. The maximum Gasteiger partial charge on any atom is 0.0882 e. The molecule has 1 aromatic heterocycles. The van der Waals surface area contributed by atoms with Crippen LogP contribution in [0.3, 0.4) is 0 Å². The van der Waals surface area contributed by atoms with Crippen molar-refractivity contribution in [2.24, 2.45) is 0 Å². The lowest BCUT2D eigenvalue weighted by molar-refractivity contribution is 0.170. The predicted molar refractivity (Wildman–Crippen MR) is 61.7 cm³/mol. The minimum Gasteiger partial charge on any atom is -0.388 e. The molecule has 74 valence electrons. The molecule has 2 heteroatoms. The first-order valence-corrected chi connectivity index (χ1v) is 5.79. The monoisotopic (exact) mass is 206 g/mol. The quantitative estimate of drug-likeness (QED) is 0.811. The molecule has 14 heavy (non-hydrogen) atoms. The molecule has 1 N–H and O–H groups in total. The minimum atomic E-state index is -0.280. The highest BCUT2D eigenvalue weighted by Gasteiger charge is 2.09. The molecular weight excluding hydrogens is 192 g/mol. The third kappa shape index (κ3) is 1.81. The van der Waals surface area contributed by atoms with Crippen LogP contribution in [0.15, 0.2) is 30.3 Å². The molecule has 1 nitrogen and oxygen atoms in total. The van der Waals surface area contributed by atoms with E-state index in [0.717, 1.165) is 17.7 Å². The second-order valence-corrected chi connectivity index (χ2v) is 4.61. The van der Waals surface area contributed by atoms with Gasteiger partial charge < -0.3 is 5.11 Å². The van der Waals surface area contributed by atoms with E-state index in [9.17, 15) is 5.11 Å². The Morgan fingerprint density at radius 2 is 2.14 bits per heavy atom. The second kappa shape index (κ2) is 4.11. The zero-order chi connectivity index (χ0) is 9.97. The SMILES string of the molecule is CCCC(O)c1cc2ccccc2s1. The van der Waals surface area contributed by atoms with E-state index in [1.54, 1.807) is 11.3 Å². The fraction of sp³-hybridized carbons (Fsp3) is 0.333. The Kier molecular flexibility index (Phi) is 2.85. The number of aliphatic hydroxyl groups is 1. The molecular formula is C12H14OS. The Balaban J connectivity index is 2.35. The van der Waals surface area contributed by atoms with Crippen molar-refractivity contribution in [3.63, 3.8) is 0 Å². The van der Waals surface area contributed by atoms with Crippen LogP contribution >= 0.6 is 11.3 Å². The molecule has 0 aliphatic rings. The Morgan fingerprint density at radius 3 is 2.86 bits per heavy atom. The highest BCUT2D eigenvalue weighted by molar-refractivity contribution is 7.19. The van der Waals surface area contributed by atoms with E-state index in [1.807, 2.05) is 12.1 Å². The van der Waals surface area contributed by atoms with Crippen molar-refractivity contribution in [1.82, 2.24) is 0 Å². The van der Waals surface area contributed by atoms with Crippen molar-refractivity contribution in [1.29, 1.82) is 0 Å². The van der Waals surface area contributed by atoms with E-state index in [1.165, 1.54) is 10.1 Å². The van der Waals surface area contributed by atoms with Gasteiger partial charge in [0.05, 0.1) is 6.10 Å². The van der Waals surface area contributed by atoms with Gasteiger partial charge in [0.15, 0.2) is 0 Å². The third-order valence-electron chi connectivity index (χ3n) is 2.34. The summed E-state index contributed by atoms with van der Waals surface area (Å²) >= 11 is 1.70. The van der Waals surface area contributed by atoms with E-state index in [4.69, 9.17) is 0 Å². The first kappa shape index (κ1) is 9.69. The average molecular weight is 206 g/mol. The van der Waals surface area contributed by atoms with Gasteiger partial charge in [-0.2, -0.15) is 0 Å². The van der Waals surface area contributed by atoms with Gasteiger partial charge in [0.25, 0.3) is 0 Å². The number of benzene rings is 1. The summed E-state index contributed by atoms with van der Waals surface area (Å²) in [5.41, 5.74) is 0. The van der Waals surface area contributed by atoms with Gasteiger partial charge in [-0.1, -0.05) is 31.5 Å². The van der Waals surface area contributed by atoms with E-state index < -0.39 is 0 Å². The first-order chi connectivity index (χ1) is 6.81. The molecule has 1 unspecified atom stereocenters. The van der Waals surface area contributed by atoms with Gasteiger partial charge in [0, 0.05) is 9.58 Å². The Bertz CT molecular complexity index is 386. The number of thiophene rings is 1. The molecule has 0 fully saturated rings. The van der Waals surface area contributed by atoms with Crippen LogP contribution in [0.1, 0.15) is 30.7 Å². The number of aliphatic hydroxyl groups excluding tert-OH is 1. The van der Waals surface area contributed by atoms with Gasteiger partial charge in [0.2, 0.25) is 0 Å². The molecule has 1 atom stereocenters. The molecule has 0 aliphatic carbocycles. The van der Waals surface area contributed by atoms with Crippen molar-refractivity contribution in [3.8, 4) is 0 Å². The van der Waals surface area contributed by atoms with Gasteiger partial charge in [0.1, 0.15) is 0 Å². The average Bonchev–Trinajstić information content (AvgIpc) is 2.61. The van der Waals surface area contributed by atoms with Crippen molar-refractivity contribution in [2.75, 3.05) is 0 Å². The van der Waals surface area contributed by atoms with Gasteiger partial charge in [-0.05, 0) is 23.9 Å². The molecule has 0 bridgehead atoms. The molecule has 1 aromatic carbocycles. The van der Waals surface area contributed by atoms with E-state index in [-0.39, 0.29) is 6.10 Å². The normalized spacial score (nSPS) is 13.3. The van der Waals surface area contributed by atoms with Crippen LogP contribution < -0.4 is 0 Å². The topological polar surface area (TPSA) is 20.2 Å². The first-order valence-electron chi connectivity index (χ1n) is 4.98.